The average molecular weight is 359 g/mol. The second kappa shape index (κ2) is 7.73. The third-order valence-electron chi connectivity index (χ3n) is 3.82. The van der Waals surface area contributed by atoms with Crippen LogP contribution in [0.25, 0.3) is 0 Å². The molecular formula is C16H20F3N3O3. The van der Waals surface area contributed by atoms with Gasteiger partial charge in [0.15, 0.2) is 0 Å². The van der Waals surface area contributed by atoms with Gasteiger partial charge >= 0.3 is 6.36 Å². The standard InChI is InChI=1S/C16H20F3N3O3/c1-2-4-12(20)14(23)21-13-7-8-22(15(13)24)10-5-3-6-11(9-10)25-16(17,18)19/h3,5-6,9,12-13H,2,4,7-8,20H2,1H3,(H,21,23). The van der Waals surface area contributed by atoms with Crippen molar-refractivity contribution in [1.29, 1.82) is 0 Å². The zero-order valence-corrected chi connectivity index (χ0v) is 13.7. The van der Waals surface area contributed by atoms with E-state index in [1.54, 1.807) is 0 Å². The minimum atomic E-state index is -4.81. The van der Waals surface area contributed by atoms with Gasteiger partial charge in [-0.15, -0.1) is 13.2 Å². The van der Waals surface area contributed by atoms with Crippen molar-refractivity contribution < 1.29 is 27.5 Å². The van der Waals surface area contributed by atoms with Crippen molar-refractivity contribution in [1.82, 2.24) is 5.32 Å². The predicted octanol–water partition coefficient (Wildman–Crippen LogP) is 1.93. The van der Waals surface area contributed by atoms with Gasteiger partial charge in [-0.1, -0.05) is 19.4 Å². The van der Waals surface area contributed by atoms with E-state index in [4.69, 9.17) is 5.73 Å². The number of benzene rings is 1. The quantitative estimate of drug-likeness (QED) is 0.813. The van der Waals surface area contributed by atoms with Crippen LogP contribution in [0.4, 0.5) is 18.9 Å². The smallest absolute Gasteiger partial charge is 0.406 e. The molecule has 1 aromatic rings. The molecule has 1 heterocycles. The number of nitrogens with one attached hydrogen (secondary N) is 1. The number of carbonyl (C=O) groups excluding carboxylic acids is 2. The molecular weight excluding hydrogens is 339 g/mol. The van der Waals surface area contributed by atoms with E-state index < -0.39 is 30.1 Å². The average Bonchev–Trinajstić information content (AvgIpc) is 2.87. The summed E-state index contributed by atoms with van der Waals surface area (Å²) in [5, 5.41) is 2.60. The highest BCUT2D eigenvalue weighted by Crippen LogP contribution is 2.29. The van der Waals surface area contributed by atoms with Crippen LogP contribution in [0, 0.1) is 0 Å². The molecule has 6 nitrogen and oxygen atoms in total. The molecule has 3 N–H and O–H groups in total. The van der Waals surface area contributed by atoms with Crippen molar-refractivity contribution in [3.05, 3.63) is 24.3 Å². The molecule has 0 spiro atoms. The number of rotatable bonds is 6. The lowest BCUT2D eigenvalue weighted by atomic mass is 10.1. The maximum Gasteiger partial charge on any atom is 0.573 e. The fourth-order valence-electron chi connectivity index (χ4n) is 2.64. The molecule has 0 aliphatic carbocycles. The highest BCUT2D eigenvalue weighted by molar-refractivity contribution is 6.01. The van der Waals surface area contributed by atoms with E-state index in [2.05, 4.69) is 10.1 Å². The fraction of sp³-hybridized carbons (Fsp3) is 0.500. The van der Waals surface area contributed by atoms with Crippen LogP contribution < -0.4 is 20.7 Å². The van der Waals surface area contributed by atoms with Gasteiger partial charge in [0.05, 0.1) is 6.04 Å². The number of halogens is 3. The minimum Gasteiger partial charge on any atom is -0.406 e. The number of anilines is 1. The summed E-state index contributed by atoms with van der Waals surface area (Å²) in [6.45, 7) is 2.17. The number of alkyl halides is 3. The van der Waals surface area contributed by atoms with Gasteiger partial charge < -0.3 is 20.7 Å². The summed E-state index contributed by atoms with van der Waals surface area (Å²) in [6, 6.07) is 3.75. The van der Waals surface area contributed by atoms with Crippen LogP contribution in [0.2, 0.25) is 0 Å². The molecule has 0 radical (unpaired) electrons. The summed E-state index contributed by atoms with van der Waals surface area (Å²) >= 11 is 0. The molecule has 2 amide bonds. The number of hydrogen-bond acceptors (Lipinski definition) is 4. The highest BCUT2D eigenvalue weighted by atomic mass is 19.4. The van der Waals surface area contributed by atoms with Gasteiger partial charge in [0, 0.05) is 18.3 Å². The van der Waals surface area contributed by atoms with Crippen molar-refractivity contribution in [2.24, 2.45) is 5.73 Å². The number of amides is 2. The lowest BCUT2D eigenvalue weighted by Crippen LogP contribution is -2.48. The maximum absolute atomic E-state index is 12.4. The van der Waals surface area contributed by atoms with Crippen LogP contribution in [0.3, 0.4) is 0 Å². The first-order valence-electron chi connectivity index (χ1n) is 7.94. The van der Waals surface area contributed by atoms with Gasteiger partial charge in [0.25, 0.3) is 0 Å². The van der Waals surface area contributed by atoms with E-state index in [-0.39, 0.29) is 18.1 Å². The molecule has 0 saturated carbocycles. The first kappa shape index (κ1) is 19.0. The molecule has 2 rings (SSSR count). The topological polar surface area (TPSA) is 84.7 Å². The van der Waals surface area contributed by atoms with Crippen LogP contribution in [0.15, 0.2) is 24.3 Å². The van der Waals surface area contributed by atoms with E-state index in [9.17, 15) is 22.8 Å². The summed E-state index contributed by atoms with van der Waals surface area (Å²) in [4.78, 5) is 25.7. The number of carbonyl (C=O) groups is 2. The van der Waals surface area contributed by atoms with Crippen LogP contribution in [0.5, 0.6) is 5.75 Å². The Morgan fingerprint density at radius 1 is 1.48 bits per heavy atom. The number of ether oxygens (including phenoxy) is 1. The number of hydrogen-bond donors (Lipinski definition) is 2. The van der Waals surface area contributed by atoms with Crippen LogP contribution >= 0.6 is 0 Å². The Morgan fingerprint density at radius 2 is 2.20 bits per heavy atom. The lowest BCUT2D eigenvalue weighted by Gasteiger charge is -2.19. The number of nitrogens with two attached hydrogens (primary N) is 1. The van der Waals surface area contributed by atoms with E-state index in [0.717, 1.165) is 18.6 Å². The van der Waals surface area contributed by atoms with Crippen molar-refractivity contribution in [2.45, 2.75) is 44.6 Å². The molecule has 1 fully saturated rings. The Kier molecular flexibility index (Phi) is 5.89. The Bertz CT molecular complexity index is 637. The zero-order valence-electron chi connectivity index (χ0n) is 13.7. The first-order valence-corrected chi connectivity index (χ1v) is 7.94. The van der Waals surface area contributed by atoms with Crippen molar-refractivity contribution in [2.75, 3.05) is 11.4 Å². The molecule has 0 aromatic heterocycles. The summed E-state index contributed by atoms with van der Waals surface area (Å²) in [7, 11) is 0. The summed E-state index contributed by atoms with van der Waals surface area (Å²) in [5.41, 5.74) is 5.99. The van der Waals surface area contributed by atoms with Gasteiger partial charge in [0.1, 0.15) is 11.8 Å². The predicted molar refractivity (Wildman–Crippen MR) is 84.9 cm³/mol. The fourth-order valence-corrected chi connectivity index (χ4v) is 2.64. The Morgan fingerprint density at radius 3 is 2.84 bits per heavy atom. The SMILES string of the molecule is CCCC(N)C(=O)NC1CCN(c2cccc(OC(F)(F)F)c2)C1=O. The van der Waals surface area contributed by atoms with Gasteiger partial charge in [-0.25, -0.2) is 0 Å². The van der Waals surface area contributed by atoms with Crippen molar-refractivity contribution in [3.8, 4) is 5.75 Å². The third-order valence-corrected chi connectivity index (χ3v) is 3.82. The largest absolute Gasteiger partial charge is 0.573 e. The Balaban J connectivity index is 2.04. The second-order valence-corrected chi connectivity index (χ2v) is 5.78. The van der Waals surface area contributed by atoms with Crippen molar-refractivity contribution >= 4 is 17.5 Å². The third kappa shape index (κ3) is 5.09. The van der Waals surface area contributed by atoms with E-state index in [0.29, 0.717) is 12.8 Å². The highest BCUT2D eigenvalue weighted by Gasteiger charge is 2.35. The molecule has 25 heavy (non-hydrogen) atoms. The summed E-state index contributed by atoms with van der Waals surface area (Å²) in [5.74, 6) is -1.20. The van der Waals surface area contributed by atoms with Crippen LogP contribution in [0.1, 0.15) is 26.2 Å². The second-order valence-electron chi connectivity index (χ2n) is 5.78. The van der Waals surface area contributed by atoms with Gasteiger partial charge in [-0.05, 0) is 25.0 Å². The van der Waals surface area contributed by atoms with Crippen molar-refractivity contribution in [3.63, 3.8) is 0 Å². The Labute approximate surface area is 143 Å². The molecule has 1 aromatic carbocycles. The molecule has 0 bridgehead atoms. The van der Waals surface area contributed by atoms with Crippen LogP contribution in [-0.2, 0) is 9.59 Å². The number of nitrogens with zero attached hydrogens (tertiary/aromatic N) is 1. The van der Waals surface area contributed by atoms with E-state index >= 15 is 0 Å². The van der Waals surface area contributed by atoms with E-state index in [1.807, 2.05) is 6.92 Å². The van der Waals surface area contributed by atoms with Gasteiger partial charge in [-0.2, -0.15) is 0 Å². The first-order chi connectivity index (χ1) is 11.7. The summed E-state index contributed by atoms with van der Waals surface area (Å²) in [6.07, 6.45) is -3.20. The minimum absolute atomic E-state index is 0.279. The van der Waals surface area contributed by atoms with Gasteiger partial charge in [0.2, 0.25) is 11.8 Å². The molecule has 138 valence electrons. The Hall–Kier alpha value is -2.29. The normalized spacial score (nSPS) is 19.0. The monoisotopic (exact) mass is 359 g/mol. The molecule has 1 saturated heterocycles. The zero-order chi connectivity index (χ0) is 18.6. The lowest BCUT2D eigenvalue weighted by molar-refractivity contribution is -0.274. The molecule has 9 heteroatoms. The van der Waals surface area contributed by atoms with E-state index in [1.165, 1.54) is 17.0 Å². The van der Waals surface area contributed by atoms with Gasteiger partial charge in [-0.3, -0.25) is 9.59 Å². The molecule has 2 unspecified atom stereocenters. The molecule has 1 aliphatic rings. The summed E-state index contributed by atoms with van der Waals surface area (Å²) < 4.78 is 40.8. The molecule has 1 aliphatic heterocycles. The maximum atomic E-state index is 12.4. The molecule has 2 atom stereocenters. The van der Waals surface area contributed by atoms with Crippen LogP contribution in [-0.4, -0.2) is 36.8 Å².